The largest absolute Gasteiger partial charge is 0.489 e. The van der Waals surface area contributed by atoms with E-state index in [-0.39, 0.29) is 17.8 Å². The molecule has 0 N–H and O–H groups in total. The third kappa shape index (κ3) is 4.56. The van der Waals surface area contributed by atoms with Crippen LogP contribution in [0, 0.1) is 5.95 Å². The predicted octanol–water partition coefficient (Wildman–Crippen LogP) is 3.96. The summed E-state index contributed by atoms with van der Waals surface area (Å²) in [4.78, 5) is 16.9. The molecule has 1 saturated heterocycles. The molecular weight excluding hydrogens is 319 g/mol. The Morgan fingerprint density at radius 2 is 2.12 bits per heavy atom. The number of pyridine rings is 1. The van der Waals surface area contributed by atoms with Crippen molar-refractivity contribution < 1.29 is 13.9 Å². The molecule has 1 aliphatic rings. The molecule has 25 heavy (non-hydrogen) atoms. The van der Waals surface area contributed by atoms with E-state index in [1.54, 1.807) is 6.92 Å². The van der Waals surface area contributed by atoms with Gasteiger partial charge in [0.25, 0.3) is 0 Å². The van der Waals surface area contributed by atoms with Crippen LogP contribution in [0.5, 0.6) is 5.75 Å². The van der Waals surface area contributed by atoms with E-state index in [0.29, 0.717) is 6.42 Å². The quantitative estimate of drug-likeness (QED) is 0.745. The zero-order valence-corrected chi connectivity index (χ0v) is 14.6. The number of hydrogen-bond donors (Lipinski definition) is 0. The smallest absolute Gasteiger partial charge is 0.214 e. The van der Waals surface area contributed by atoms with Gasteiger partial charge >= 0.3 is 0 Å². The Hall–Kier alpha value is -2.43. The highest BCUT2D eigenvalue weighted by Gasteiger charge is 2.24. The molecule has 1 aromatic heterocycles. The van der Waals surface area contributed by atoms with Crippen LogP contribution in [0.15, 0.2) is 42.6 Å². The Morgan fingerprint density at radius 3 is 2.80 bits per heavy atom. The highest BCUT2D eigenvalue weighted by molar-refractivity contribution is 5.76. The van der Waals surface area contributed by atoms with Gasteiger partial charge in [0.2, 0.25) is 5.95 Å². The van der Waals surface area contributed by atoms with Gasteiger partial charge in [-0.15, -0.1) is 0 Å². The first-order valence-corrected chi connectivity index (χ1v) is 8.64. The monoisotopic (exact) mass is 342 g/mol. The summed E-state index contributed by atoms with van der Waals surface area (Å²) >= 11 is 0. The third-order valence-corrected chi connectivity index (χ3v) is 4.57. The second-order valence-electron chi connectivity index (χ2n) is 6.69. The maximum absolute atomic E-state index is 13.3. The number of benzene rings is 1. The number of nitrogens with zero attached hydrogens (tertiary/aromatic N) is 2. The van der Waals surface area contributed by atoms with Crippen molar-refractivity contribution in [1.82, 2.24) is 4.98 Å². The van der Waals surface area contributed by atoms with Crippen LogP contribution < -0.4 is 9.64 Å². The summed E-state index contributed by atoms with van der Waals surface area (Å²) < 4.78 is 19.3. The van der Waals surface area contributed by atoms with Gasteiger partial charge in [-0.3, -0.25) is 0 Å². The van der Waals surface area contributed by atoms with Crippen LogP contribution in [0.4, 0.5) is 10.1 Å². The molecule has 3 rings (SSSR count). The van der Waals surface area contributed by atoms with Crippen molar-refractivity contribution in [2.45, 2.75) is 38.7 Å². The molecule has 1 aliphatic heterocycles. The van der Waals surface area contributed by atoms with Crippen LogP contribution in [0.25, 0.3) is 0 Å². The van der Waals surface area contributed by atoms with Crippen molar-refractivity contribution in [1.29, 1.82) is 0 Å². The molecular formula is C20H23FN2O2. The van der Waals surface area contributed by atoms with Crippen LogP contribution in [0.3, 0.4) is 0 Å². The Balaban J connectivity index is 1.57. The van der Waals surface area contributed by atoms with E-state index in [9.17, 15) is 9.18 Å². The summed E-state index contributed by atoms with van der Waals surface area (Å²) in [6.07, 6.45) is 3.02. The minimum atomic E-state index is -0.461. The first-order chi connectivity index (χ1) is 12.0. The van der Waals surface area contributed by atoms with Crippen LogP contribution >= 0.6 is 0 Å². The van der Waals surface area contributed by atoms with Gasteiger partial charge in [-0.25, -0.2) is 4.98 Å². The molecule has 0 bridgehead atoms. The van der Waals surface area contributed by atoms with E-state index in [1.165, 1.54) is 12.3 Å². The Kier molecular flexibility index (Phi) is 5.31. The van der Waals surface area contributed by atoms with E-state index in [1.807, 2.05) is 30.3 Å². The maximum atomic E-state index is 13.3. The lowest BCUT2D eigenvalue weighted by atomic mass is 9.96. The highest BCUT2D eigenvalue weighted by atomic mass is 19.1. The third-order valence-electron chi connectivity index (χ3n) is 4.57. The molecule has 132 valence electrons. The van der Waals surface area contributed by atoms with Crippen molar-refractivity contribution in [2.75, 3.05) is 18.0 Å². The second-order valence-corrected chi connectivity index (χ2v) is 6.69. The number of anilines is 1. The van der Waals surface area contributed by atoms with Gasteiger partial charge in [0.05, 0.1) is 6.54 Å². The first-order valence-electron chi connectivity index (χ1n) is 8.64. The molecule has 2 heterocycles. The SMILES string of the molecule is CC(=O)C[C@@H](C)c1ccc(O[C@@H]2CCN(c3ccnc(F)c3)C2)cc1. The standard InChI is InChI=1S/C20H23FN2O2/c1-14(11-15(2)24)16-3-5-18(6-4-16)25-19-8-10-23(13-19)17-7-9-22-20(21)12-17/h3-7,9,12,14,19H,8,10-11,13H2,1-2H3/t14-,19-/m1/s1. The van der Waals surface area contributed by atoms with Gasteiger partial charge in [0.1, 0.15) is 17.6 Å². The van der Waals surface area contributed by atoms with Crippen molar-refractivity contribution >= 4 is 11.5 Å². The second kappa shape index (κ2) is 7.64. The maximum Gasteiger partial charge on any atom is 0.214 e. The van der Waals surface area contributed by atoms with E-state index >= 15 is 0 Å². The first kappa shape index (κ1) is 17.4. The molecule has 5 heteroatoms. The van der Waals surface area contributed by atoms with E-state index in [0.717, 1.165) is 36.5 Å². The summed E-state index contributed by atoms with van der Waals surface area (Å²) in [6, 6.07) is 11.2. The predicted molar refractivity (Wildman–Crippen MR) is 95.6 cm³/mol. The molecule has 0 saturated carbocycles. The van der Waals surface area contributed by atoms with E-state index in [2.05, 4.69) is 16.8 Å². The van der Waals surface area contributed by atoms with Crippen molar-refractivity contribution in [3.8, 4) is 5.75 Å². The van der Waals surface area contributed by atoms with Crippen molar-refractivity contribution in [3.63, 3.8) is 0 Å². The van der Waals surface area contributed by atoms with Crippen molar-refractivity contribution in [2.24, 2.45) is 0 Å². The Bertz CT molecular complexity index is 733. The number of rotatable bonds is 6. The molecule has 0 radical (unpaired) electrons. The van der Waals surface area contributed by atoms with Gasteiger partial charge in [-0.1, -0.05) is 19.1 Å². The van der Waals surface area contributed by atoms with Crippen molar-refractivity contribution in [3.05, 3.63) is 54.1 Å². The van der Waals surface area contributed by atoms with Gasteiger partial charge in [0.15, 0.2) is 0 Å². The molecule has 2 atom stereocenters. The number of aromatic nitrogens is 1. The van der Waals surface area contributed by atoms with E-state index < -0.39 is 5.95 Å². The Labute approximate surface area is 147 Å². The van der Waals surface area contributed by atoms with Crippen LogP contribution in [-0.2, 0) is 4.79 Å². The number of hydrogen-bond acceptors (Lipinski definition) is 4. The van der Waals surface area contributed by atoms with E-state index in [4.69, 9.17) is 4.74 Å². The number of ether oxygens (including phenoxy) is 1. The van der Waals surface area contributed by atoms with Gasteiger partial charge in [-0.05, 0) is 36.6 Å². The molecule has 0 amide bonds. The minimum absolute atomic E-state index is 0.0803. The summed E-state index contributed by atoms with van der Waals surface area (Å²) in [7, 11) is 0. The molecule has 0 spiro atoms. The van der Waals surface area contributed by atoms with Crippen LogP contribution in [0.2, 0.25) is 0 Å². The number of halogens is 1. The minimum Gasteiger partial charge on any atom is -0.489 e. The normalized spacial score (nSPS) is 18.2. The molecule has 1 fully saturated rings. The molecule has 4 nitrogen and oxygen atoms in total. The van der Waals surface area contributed by atoms with Crippen LogP contribution in [0.1, 0.15) is 38.2 Å². The lowest BCUT2D eigenvalue weighted by Crippen LogP contribution is -2.24. The van der Waals surface area contributed by atoms with Crippen LogP contribution in [-0.4, -0.2) is 30.0 Å². The average Bonchev–Trinajstić information content (AvgIpc) is 3.03. The summed E-state index contributed by atoms with van der Waals surface area (Å²) in [5.74, 6) is 0.783. The van der Waals surface area contributed by atoms with Gasteiger partial charge in [0, 0.05) is 37.3 Å². The number of carbonyl (C=O) groups is 1. The average molecular weight is 342 g/mol. The zero-order valence-electron chi connectivity index (χ0n) is 14.6. The number of Topliss-reactive ketones (excluding diaryl/α,β-unsaturated/α-hetero) is 1. The topological polar surface area (TPSA) is 42.4 Å². The summed E-state index contributed by atoms with van der Waals surface area (Å²) in [5, 5.41) is 0. The fourth-order valence-electron chi connectivity index (χ4n) is 3.26. The van der Waals surface area contributed by atoms with Gasteiger partial charge in [-0.2, -0.15) is 4.39 Å². The molecule has 0 unspecified atom stereocenters. The Morgan fingerprint density at radius 1 is 1.36 bits per heavy atom. The fraction of sp³-hybridized carbons (Fsp3) is 0.400. The number of carbonyl (C=O) groups excluding carboxylic acids is 1. The fourth-order valence-corrected chi connectivity index (χ4v) is 3.26. The van der Waals surface area contributed by atoms with Gasteiger partial charge < -0.3 is 14.4 Å². The number of ketones is 1. The summed E-state index contributed by atoms with van der Waals surface area (Å²) in [5.41, 5.74) is 1.98. The lowest BCUT2D eigenvalue weighted by molar-refractivity contribution is -0.117. The highest BCUT2D eigenvalue weighted by Crippen LogP contribution is 2.26. The lowest BCUT2D eigenvalue weighted by Gasteiger charge is -2.19. The molecule has 1 aromatic carbocycles. The summed E-state index contributed by atoms with van der Waals surface area (Å²) in [6.45, 7) is 5.24. The molecule has 0 aliphatic carbocycles. The zero-order chi connectivity index (χ0) is 17.8. The molecule has 2 aromatic rings.